The van der Waals surface area contributed by atoms with Gasteiger partial charge in [-0.2, -0.15) is 0 Å². The lowest BCUT2D eigenvalue weighted by Crippen LogP contribution is -2.53. The van der Waals surface area contributed by atoms with Crippen LogP contribution in [-0.4, -0.2) is 57.1 Å². The highest BCUT2D eigenvalue weighted by Crippen LogP contribution is 2.33. The van der Waals surface area contributed by atoms with Crippen LogP contribution in [0.3, 0.4) is 0 Å². The number of amides is 2. The molecule has 254 valence electrons. The Morgan fingerprint density at radius 2 is 1.56 bits per heavy atom. The molecule has 0 bridgehead atoms. The topological polar surface area (TPSA) is 96.0 Å². The molecule has 0 aliphatic rings. The summed E-state index contributed by atoms with van der Waals surface area (Å²) in [6.45, 7) is 6.18. The molecule has 4 aromatic rings. The second kappa shape index (κ2) is 17.8. The summed E-state index contributed by atoms with van der Waals surface area (Å²) in [6.07, 6.45) is 3.87. The fraction of sp³-hybridized carbons (Fsp3) is 0.316. The van der Waals surface area contributed by atoms with E-state index in [1.165, 1.54) is 16.7 Å². The van der Waals surface area contributed by atoms with E-state index in [-0.39, 0.29) is 29.5 Å². The number of nitrogens with zero attached hydrogens (tertiary/aromatic N) is 2. The molecule has 0 spiro atoms. The van der Waals surface area contributed by atoms with Crippen molar-refractivity contribution < 1.29 is 22.7 Å². The van der Waals surface area contributed by atoms with Crippen molar-refractivity contribution in [2.75, 3.05) is 30.3 Å². The molecule has 4 rings (SSSR count). The summed E-state index contributed by atoms with van der Waals surface area (Å²) in [6, 6.07) is 29.8. The van der Waals surface area contributed by atoms with Crippen molar-refractivity contribution in [3.8, 4) is 5.75 Å². The molecule has 0 unspecified atom stereocenters. The molecule has 0 aliphatic carbocycles. The van der Waals surface area contributed by atoms with Crippen molar-refractivity contribution in [3.05, 3.63) is 120 Å². The number of ether oxygens (including phenoxy) is 1. The maximum Gasteiger partial charge on any atom is 0.264 e. The Kier molecular flexibility index (Phi) is 13.5. The summed E-state index contributed by atoms with van der Waals surface area (Å²) < 4.78 is 35.8. The number of rotatable bonds is 17. The summed E-state index contributed by atoms with van der Waals surface area (Å²) >= 11 is 1.50. The number of nitrogens with one attached hydrogen (secondary N) is 1. The van der Waals surface area contributed by atoms with Crippen LogP contribution in [0.5, 0.6) is 5.75 Å². The minimum absolute atomic E-state index is 0.0442. The van der Waals surface area contributed by atoms with Crippen LogP contribution in [-0.2, 0) is 32.6 Å². The number of carbonyl (C=O) groups is 2. The zero-order chi connectivity index (χ0) is 34.5. The van der Waals surface area contributed by atoms with Crippen molar-refractivity contribution >= 4 is 39.3 Å². The van der Waals surface area contributed by atoms with Crippen molar-refractivity contribution in [2.24, 2.45) is 0 Å². The maximum atomic E-state index is 14.7. The van der Waals surface area contributed by atoms with E-state index in [0.29, 0.717) is 18.9 Å². The Morgan fingerprint density at radius 1 is 0.875 bits per heavy atom. The van der Waals surface area contributed by atoms with Gasteiger partial charge in [-0.1, -0.05) is 85.6 Å². The van der Waals surface area contributed by atoms with Crippen molar-refractivity contribution in [3.63, 3.8) is 0 Å². The number of para-hydroxylation sites is 2. The van der Waals surface area contributed by atoms with Gasteiger partial charge in [0.2, 0.25) is 11.8 Å². The number of unbranched alkanes of at least 4 members (excludes halogenated alkanes) is 1. The lowest BCUT2D eigenvalue weighted by atomic mass is 10.0. The minimum atomic E-state index is -4.25. The minimum Gasteiger partial charge on any atom is -0.492 e. The Morgan fingerprint density at radius 3 is 2.23 bits per heavy atom. The van der Waals surface area contributed by atoms with Gasteiger partial charge in [0, 0.05) is 24.4 Å². The van der Waals surface area contributed by atoms with Crippen molar-refractivity contribution in [1.82, 2.24) is 10.2 Å². The predicted octanol–water partition coefficient (Wildman–Crippen LogP) is 6.87. The van der Waals surface area contributed by atoms with Gasteiger partial charge in [-0.25, -0.2) is 8.42 Å². The van der Waals surface area contributed by atoms with Gasteiger partial charge in [-0.3, -0.25) is 13.9 Å². The van der Waals surface area contributed by atoms with Gasteiger partial charge < -0.3 is 15.0 Å². The van der Waals surface area contributed by atoms with Gasteiger partial charge >= 0.3 is 0 Å². The number of aryl methyl sites for hydroxylation is 1. The number of sulfonamides is 1. The highest BCUT2D eigenvalue weighted by Gasteiger charge is 2.35. The smallest absolute Gasteiger partial charge is 0.264 e. The van der Waals surface area contributed by atoms with Gasteiger partial charge in [0.15, 0.2) is 0 Å². The third-order valence-corrected chi connectivity index (χ3v) is 10.4. The van der Waals surface area contributed by atoms with Crippen LogP contribution in [0, 0.1) is 6.92 Å². The molecule has 4 aromatic carbocycles. The molecule has 0 heterocycles. The van der Waals surface area contributed by atoms with E-state index in [9.17, 15) is 18.0 Å². The molecule has 2 amide bonds. The lowest BCUT2D eigenvalue weighted by molar-refractivity contribution is -0.140. The Hall–Kier alpha value is -4.28. The van der Waals surface area contributed by atoms with E-state index in [2.05, 4.69) is 5.32 Å². The first-order valence-corrected chi connectivity index (χ1v) is 18.9. The quantitative estimate of drug-likeness (QED) is 0.0962. The molecule has 1 atom stereocenters. The number of carbonyl (C=O) groups excluding carboxylic acids is 2. The standard InChI is InChI=1S/C38H45N3O5S2/c1-5-7-24-39-38(43)35(26-30-15-9-8-10-16-30)40(27-31-17-13-14-29(3)25-31)37(42)28-41(34-18-11-12-19-36(34)46-6-2)48(44,45)33-22-20-32(47-4)21-23-33/h8-23,25,35H,5-7,24,26-28H2,1-4H3,(H,39,43)/t35-/m0/s1. The Bertz CT molecular complexity index is 1750. The highest BCUT2D eigenvalue weighted by molar-refractivity contribution is 7.98. The number of hydrogen-bond donors (Lipinski definition) is 1. The summed E-state index contributed by atoms with van der Waals surface area (Å²) in [5, 5.41) is 3.03. The van der Waals surface area contributed by atoms with E-state index >= 15 is 0 Å². The van der Waals surface area contributed by atoms with Gasteiger partial charge in [0.05, 0.1) is 17.2 Å². The molecule has 0 saturated carbocycles. The average Bonchev–Trinajstić information content (AvgIpc) is 3.09. The van der Waals surface area contributed by atoms with E-state index in [1.54, 1.807) is 48.5 Å². The van der Waals surface area contributed by atoms with Gasteiger partial charge in [-0.15, -0.1) is 11.8 Å². The molecule has 48 heavy (non-hydrogen) atoms. The zero-order valence-electron chi connectivity index (χ0n) is 28.1. The molecule has 0 aliphatic heterocycles. The highest BCUT2D eigenvalue weighted by atomic mass is 32.2. The Balaban J connectivity index is 1.83. The SMILES string of the molecule is CCCCNC(=O)[C@H](Cc1ccccc1)N(Cc1cccc(C)c1)C(=O)CN(c1ccccc1OCC)S(=O)(=O)c1ccc(SC)cc1. The van der Waals surface area contributed by atoms with Crippen molar-refractivity contribution in [2.45, 2.75) is 62.4 Å². The summed E-state index contributed by atoms with van der Waals surface area (Å²) in [7, 11) is -4.25. The first-order valence-electron chi connectivity index (χ1n) is 16.2. The van der Waals surface area contributed by atoms with Gasteiger partial charge in [0.25, 0.3) is 10.0 Å². The number of thioether (sulfide) groups is 1. The normalized spacial score (nSPS) is 11.8. The zero-order valence-corrected chi connectivity index (χ0v) is 29.7. The lowest BCUT2D eigenvalue weighted by Gasteiger charge is -2.34. The molecular weight excluding hydrogens is 643 g/mol. The molecule has 0 radical (unpaired) electrons. The first kappa shape index (κ1) is 36.6. The third-order valence-electron chi connectivity index (χ3n) is 7.90. The summed E-state index contributed by atoms with van der Waals surface area (Å²) in [4.78, 5) is 31.1. The summed E-state index contributed by atoms with van der Waals surface area (Å²) in [5.41, 5.74) is 2.97. The monoisotopic (exact) mass is 687 g/mol. The van der Waals surface area contributed by atoms with Gasteiger partial charge in [0.1, 0.15) is 18.3 Å². The fourth-order valence-electron chi connectivity index (χ4n) is 5.40. The Labute approximate surface area is 289 Å². The number of hydrogen-bond acceptors (Lipinski definition) is 6. The molecule has 1 N–H and O–H groups in total. The van der Waals surface area contributed by atoms with Crippen LogP contribution in [0.15, 0.2) is 113 Å². The molecule has 0 fully saturated rings. The molecule has 10 heteroatoms. The van der Waals surface area contributed by atoms with E-state index in [0.717, 1.165) is 38.7 Å². The molecule has 8 nitrogen and oxygen atoms in total. The molecule has 0 aromatic heterocycles. The maximum absolute atomic E-state index is 14.7. The van der Waals surface area contributed by atoms with Crippen LogP contribution in [0.2, 0.25) is 0 Å². The van der Waals surface area contributed by atoms with E-state index in [1.807, 2.05) is 81.6 Å². The summed E-state index contributed by atoms with van der Waals surface area (Å²) in [5.74, 6) is -0.468. The van der Waals surface area contributed by atoms with E-state index in [4.69, 9.17) is 4.74 Å². The van der Waals surface area contributed by atoms with Crippen LogP contribution < -0.4 is 14.4 Å². The van der Waals surface area contributed by atoms with E-state index < -0.39 is 28.5 Å². The molecule has 0 saturated heterocycles. The second-order valence-electron chi connectivity index (χ2n) is 11.4. The number of anilines is 1. The molecular formula is C38H45N3O5S2. The van der Waals surface area contributed by atoms with Crippen LogP contribution in [0.4, 0.5) is 5.69 Å². The van der Waals surface area contributed by atoms with Crippen LogP contribution in [0.1, 0.15) is 43.4 Å². The second-order valence-corrected chi connectivity index (χ2v) is 14.2. The fourth-order valence-corrected chi connectivity index (χ4v) is 7.23. The first-order chi connectivity index (χ1) is 23.2. The largest absolute Gasteiger partial charge is 0.492 e. The van der Waals surface area contributed by atoms with Crippen molar-refractivity contribution in [1.29, 1.82) is 0 Å². The van der Waals surface area contributed by atoms with Crippen LogP contribution >= 0.6 is 11.8 Å². The predicted molar refractivity (Wildman–Crippen MR) is 194 cm³/mol. The average molecular weight is 688 g/mol. The third kappa shape index (κ3) is 9.64. The van der Waals surface area contributed by atoms with Gasteiger partial charge in [-0.05, 0) is 74.0 Å². The number of benzene rings is 4. The van der Waals surface area contributed by atoms with Crippen LogP contribution in [0.25, 0.3) is 0 Å².